The second-order valence-electron chi connectivity index (χ2n) is 4.13. The number of fused-ring (bicyclic) bond motifs is 1. The van der Waals surface area contributed by atoms with Gasteiger partial charge in [0.1, 0.15) is 0 Å². The van der Waals surface area contributed by atoms with Gasteiger partial charge in [-0.2, -0.15) is 0 Å². The van der Waals surface area contributed by atoms with Gasteiger partial charge in [-0.25, -0.2) is 0 Å². The van der Waals surface area contributed by atoms with Crippen molar-refractivity contribution < 1.29 is 0 Å². The summed E-state index contributed by atoms with van der Waals surface area (Å²) in [5.74, 6) is 0. The molecule has 0 saturated carbocycles. The summed E-state index contributed by atoms with van der Waals surface area (Å²) in [6.07, 6.45) is 6.21. The smallest absolute Gasteiger partial charge is 0.0689 e. The molecule has 2 rings (SSSR count). The molecule has 1 aromatic carbocycles. The third kappa shape index (κ3) is 2.32. The van der Waals surface area contributed by atoms with Crippen LogP contribution in [0.4, 0.5) is 5.69 Å². The molecule has 2 nitrogen and oxygen atoms in total. The van der Waals surface area contributed by atoms with Crippen molar-refractivity contribution in [1.82, 2.24) is 5.32 Å². The van der Waals surface area contributed by atoms with Crippen molar-refractivity contribution >= 4 is 11.9 Å². The highest BCUT2D eigenvalue weighted by Crippen LogP contribution is 2.29. The Morgan fingerprint density at radius 1 is 1.50 bits per heavy atom. The van der Waals surface area contributed by atoms with Crippen LogP contribution in [0.2, 0.25) is 0 Å². The molecule has 0 fully saturated rings. The Morgan fingerprint density at radius 2 is 2.38 bits per heavy atom. The molecule has 1 aromatic rings. The Labute approximate surface area is 97.1 Å². The van der Waals surface area contributed by atoms with Crippen molar-refractivity contribution in [3.8, 4) is 0 Å². The van der Waals surface area contributed by atoms with Crippen LogP contribution in [-0.2, 0) is 12.8 Å². The molecule has 0 bridgehead atoms. The molecule has 2 heteroatoms. The van der Waals surface area contributed by atoms with Gasteiger partial charge in [-0.15, -0.1) is 0 Å². The summed E-state index contributed by atoms with van der Waals surface area (Å²) in [7, 11) is 1.92. The fourth-order valence-electron chi connectivity index (χ4n) is 2.00. The first-order chi connectivity index (χ1) is 7.81. The number of rotatable bonds is 4. The van der Waals surface area contributed by atoms with E-state index in [2.05, 4.69) is 35.1 Å². The fraction of sp³-hybridized carbons (Fsp3) is 0.357. The number of benzene rings is 1. The molecule has 0 saturated heterocycles. The van der Waals surface area contributed by atoms with E-state index >= 15 is 0 Å². The number of aliphatic imine (C=N–C) groups is 1. The van der Waals surface area contributed by atoms with Gasteiger partial charge in [-0.05, 0) is 36.8 Å². The lowest BCUT2D eigenvalue weighted by molar-refractivity contribution is 0.839. The van der Waals surface area contributed by atoms with Crippen molar-refractivity contribution in [2.75, 3.05) is 7.05 Å². The summed E-state index contributed by atoms with van der Waals surface area (Å²) in [5, 5.41) is 3.08. The van der Waals surface area contributed by atoms with Crippen LogP contribution in [0.1, 0.15) is 24.0 Å². The van der Waals surface area contributed by atoms with E-state index in [1.807, 2.05) is 13.3 Å². The Balaban J connectivity index is 2.16. The number of hydrogen-bond acceptors (Lipinski definition) is 2. The first kappa shape index (κ1) is 10.9. The minimum absolute atomic E-state index is 0.975. The van der Waals surface area contributed by atoms with E-state index in [-0.39, 0.29) is 0 Å². The Hall–Kier alpha value is -1.57. The van der Waals surface area contributed by atoms with Crippen molar-refractivity contribution in [1.29, 1.82) is 0 Å². The van der Waals surface area contributed by atoms with Gasteiger partial charge < -0.3 is 5.32 Å². The van der Waals surface area contributed by atoms with Gasteiger partial charge in [0, 0.05) is 19.0 Å². The number of allylic oxidation sites excluding steroid dienone is 1. The van der Waals surface area contributed by atoms with Gasteiger partial charge in [-0.3, -0.25) is 4.99 Å². The summed E-state index contributed by atoms with van der Waals surface area (Å²) in [5.41, 5.74) is 5.00. The van der Waals surface area contributed by atoms with E-state index < -0.39 is 0 Å². The number of nitrogens with zero attached hydrogens (tertiary/aromatic N) is 1. The summed E-state index contributed by atoms with van der Waals surface area (Å²) < 4.78 is 0. The molecule has 16 heavy (non-hydrogen) atoms. The average Bonchev–Trinajstić information content (AvgIpc) is 2.35. The molecule has 1 aliphatic heterocycles. The highest BCUT2D eigenvalue weighted by molar-refractivity contribution is 5.70. The molecule has 0 spiro atoms. The summed E-state index contributed by atoms with van der Waals surface area (Å²) in [4.78, 5) is 4.52. The summed E-state index contributed by atoms with van der Waals surface area (Å²) in [6.45, 7) is 3.95. The van der Waals surface area contributed by atoms with Crippen LogP contribution >= 0.6 is 0 Å². The first-order valence-corrected chi connectivity index (χ1v) is 5.80. The van der Waals surface area contributed by atoms with Gasteiger partial charge in [-0.1, -0.05) is 24.8 Å². The summed E-state index contributed by atoms with van der Waals surface area (Å²) in [6, 6.07) is 6.49. The largest absolute Gasteiger partial charge is 0.392 e. The van der Waals surface area contributed by atoms with Crippen LogP contribution in [0.5, 0.6) is 0 Å². The molecule has 0 radical (unpaired) electrons. The minimum Gasteiger partial charge on any atom is -0.392 e. The molecule has 84 valence electrons. The number of para-hydroxylation sites is 1. The molecular formula is C14H18N2. The van der Waals surface area contributed by atoms with Crippen LogP contribution in [0.3, 0.4) is 0 Å². The highest BCUT2D eigenvalue weighted by Gasteiger charge is 2.09. The Kier molecular flexibility index (Phi) is 3.40. The molecular weight excluding hydrogens is 196 g/mol. The van der Waals surface area contributed by atoms with Crippen molar-refractivity contribution in [2.24, 2.45) is 4.99 Å². The number of hydrogen-bond donors (Lipinski definition) is 1. The third-order valence-electron chi connectivity index (χ3n) is 3.02. The normalized spacial score (nSPS) is 13.3. The molecule has 0 aromatic heterocycles. The molecule has 0 amide bonds. The predicted octanol–water partition coefficient (Wildman–Crippen LogP) is 3.00. The van der Waals surface area contributed by atoms with E-state index in [4.69, 9.17) is 0 Å². The maximum absolute atomic E-state index is 4.52. The average molecular weight is 214 g/mol. The van der Waals surface area contributed by atoms with Gasteiger partial charge in [0.05, 0.1) is 5.69 Å². The molecule has 1 aliphatic rings. The second kappa shape index (κ2) is 4.97. The molecule has 1 N–H and O–H groups in total. The van der Waals surface area contributed by atoms with Gasteiger partial charge in [0.15, 0.2) is 0 Å². The zero-order valence-corrected chi connectivity index (χ0v) is 9.79. The SMILES string of the molecule is C=C(CCc1cccc2c1N=CCC2)NC. The lowest BCUT2D eigenvalue weighted by Gasteiger charge is -2.14. The standard InChI is InChI=1S/C14H18N2/c1-11(15-2)8-9-13-6-3-5-12-7-4-10-16-14(12)13/h3,5-6,10,15H,1,4,7-9H2,2H3. The lowest BCUT2D eigenvalue weighted by Crippen LogP contribution is -2.05. The fourth-order valence-corrected chi connectivity index (χ4v) is 2.00. The monoisotopic (exact) mass is 214 g/mol. The topological polar surface area (TPSA) is 24.4 Å². The van der Waals surface area contributed by atoms with E-state index in [0.717, 1.165) is 31.4 Å². The maximum Gasteiger partial charge on any atom is 0.0689 e. The quantitative estimate of drug-likeness (QED) is 0.818. The van der Waals surface area contributed by atoms with Gasteiger partial charge in [0.2, 0.25) is 0 Å². The van der Waals surface area contributed by atoms with E-state index in [0.29, 0.717) is 0 Å². The van der Waals surface area contributed by atoms with Crippen LogP contribution in [0.15, 0.2) is 35.5 Å². The first-order valence-electron chi connectivity index (χ1n) is 5.80. The maximum atomic E-state index is 4.52. The van der Waals surface area contributed by atoms with Gasteiger partial charge in [0.25, 0.3) is 0 Å². The highest BCUT2D eigenvalue weighted by atomic mass is 14.8. The molecule has 0 unspecified atom stereocenters. The number of nitrogens with one attached hydrogen (secondary N) is 1. The van der Waals surface area contributed by atoms with E-state index in [9.17, 15) is 0 Å². The Morgan fingerprint density at radius 3 is 3.19 bits per heavy atom. The third-order valence-corrected chi connectivity index (χ3v) is 3.02. The number of aryl methyl sites for hydroxylation is 2. The zero-order valence-electron chi connectivity index (χ0n) is 9.79. The minimum atomic E-state index is 0.975. The van der Waals surface area contributed by atoms with Crippen molar-refractivity contribution in [2.45, 2.75) is 25.7 Å². The molecule has 0 aliphatic carbocycles. The van der Waals surface area contributed by atoms with Crippen molar-refractivity contribution in [3.05, 3.63) is 41.6 Å². The van der Waals surface area contributed by atoms with Crippen LogP contribution < -0.4 is 5.32 Å². The van der Waals surface area contributed by atoms with E-state index in [1.165, 1.54) is 16.8 Å². The van der Waals surface area contributed by atoms with Crippen LogP contribution in [0, 0.1) is 0 Å². The van der Waals surface area contributed by atoms with Crippen LogP contribution in [-0.4, -0.2) is 13.3 Å². The molecule has 1 heterocycles. The summed E-state index contributed by atoms with van der Waals surface area (Å²) >= 11 is 0. The predicted molar refractivity (Wildman–Crippen MR) is 69.4 cm³/mol. The zero-order chi connectivity index (χ0) is 11.4. The van der Waals surface area contributed by atoms with Crippen molar-refractivity contribution in [3.63, 3.8) is 0 Å². The van der Waals surface area contributed by atoms with E-state index in [1.54, 1.807) is 0 Å². The second-order valence-corrected chi connectivity index (χ2v) is 4.13. The molecule has 0 atom stereocenters. The van der Waals surface area contributed by atoms with Crippen LogP contribution in [0.25, 0.3) is 0 Å². The lowest BCUT2D eigenvalue weighted by atomic mass is 9.98. The Bertz CT molecular complexity index is 419. The van der Waals surface area contributed by atoms with Gasteiger partial charge >= 0.3 is 0 Å².